The van der Waals surface area contributed by atoms with Crippen LogP contribution in [-0.2, 0) is 4.79 Å². The molecule has 162 valence electrons. The monoisotopic (exact) mass is 428 g/mol. The summed E-state index contributed by atoms with van der Waals surface area (Å²) in [5, 5.41) is 8.97. The topological polar surface area (TPSA) is 87.2 Å². The summed E-state index contributed by atoms with van der Waals surface area (Å²) in [6.07, 6.45) is 4.72. The van der Waals surface area contributed by atoms with Crippen molar-refractivity contribution in [1.82, 2.24) is 25.1 Å². The molecule has 1 N–H and O–H groups in total. The average Bonchev–Trinajstić information content (AvgIpc) is 3.29. The minimum Gasteiger partial charge on any atom is -0.454 e. The molecule has 1 fully saturated rings. The molecule has 0 spiro atoms. The lowest BCUT2D eigenvalue weighted by Crippen LogP contribution is -2.53. The molecule has 5 rings (SSSR count). The van der Waals surface area contributed by atoms with Crippen molar-refractivity contribution in [3.8, 4) is 11.5 Å². The SMILES string of the molecule is C=CC(=O)N1CCN(c2ncnc3c(Oc4c(C)ccc5[nH]ncc45)cccc23)[C@@H](C)C1. The maximum absolute atomic E-state index is 12.0. The maximum Gasteiger partial charge on any atom is 0.246 e. The number of H-pyrrole nitrogens is 1. The largest absolute Gasteiger partial charge is 0.454 e. The average molecular weight is 428 g/mol. The molecule has 0 bridgehead atoms. The highest BCUT2D eigenvalue weighted by molar-refractivity contribution is 5.94. The molecular formula is C24H24N6O2. The Labute approximate surface area is 185 Å². The fourth-order valence-corrected chi connectivity index (χ4v) is 4.31. The highest BCUT2D eigenvalue weighted by atomic mass is 16.5. The fraction of sp³-hybridized carbons (Fsp3) is 0.250. The van der Waals surface area contributed by atoms with Crippen LogP contribution >= 0.6 is 0 Å². The lowest BCUT2D eigenvalue weighted by molar-refractivity contribution is -0.126. The quantitative estimate of drug-likeness (QED) is 0.497. The van der Waals surface area contributed by atoms with E-state index in [4.69, 9.17) is 4.74 Å². The van der Waals surface area contributed by atoms with Crippen LogP contribution in [0.15, 0.2) is 55.5 Å². The molecule has 1 saturated heterocycles. The molecule has 1 atom stereocenters. The number of fused-ring (bicyclic) bond motifs is 2. The van der Waals surface area contributed by atoms with E-state index in [1.165, 1.54) is 6.08 Å². The number of aryl methyl sites for hydroxylation is 1. The number of aromatic nitrogens is 4. The second-order valence-electron chi connectivity index (χ2n) is 8.03. The zero-order valence-electron chi connectivity index (χ0n) is 18.1. The fourth-order valence-electron chi connectivity index (χ4n) is 4.31. The van der Waals surface area contributed by atoms with Gasteiger partial charge in [-0.2, -0.15) is 5.10 Å². The van der Waals surface area contributed by atoms with Gasteiger partial charge in [-0.25, -0.2) is 9.97 Å². The van der Waals surface area contributed by atoms with E-state index in [1.807, 2.05) is 42.2 Å². The second-order valence-corrected chi connectivity index (χ2v) is 8.03. The van der Waals surface area contributed by atoms with Crippen LogP contribution in [0.1, 0.15) is 12.5 Å². The molecule has 0 saturated carbocycles. The molecule has 1 amide bonds. The van der Waals surface area contributed by atoms with E-state index in [1.54, 1.807) is 12.5 Å². The number of hydrogen-bond acceptors (Lipinski definition) is 6. The van der Waals surface area contributed by atoms with Crippen LogP contribution in [-0.4, -0.2) is 56.6 Å². The van der Waals surface area contributed by atoms with Crippen LogP contribution in [0.2, 0.25) is 0 Å². The number of para-hydroxylation sites is 1. The zero-order valence-corrected chi connectivity index (χ0v) is 18.1. The summed E-state index contributed by atoms with van der Waals surface area (Å²) in [4.78, 5) is 25.2. The van der Waals surface area contributed by atoms with Crippen LogP contribution < -0.4 is 9.64 Å². The predicted octanol–water partition coefficient (Wildman–Crippen LogP) is 3.83. The molecule has 0 radical (unpaired) electrons. The minimum atomic E-state index is -0.0384. The van der Waals surface area contributed by atoms with Gasteiger partial charge in [-0.1, -0.05) is 18.7 Å². The Bertz CT molecular complexity index is 1330. The molecule has 3 heterocycles. The smallest absolute Gasteiger partial charge is 0.246 e. The van der Waals surface area contributed by atoms with Crippen molar-refractivity contribution in [3.63, 3.8) is 0 Å². The number of rotatable bonds is 4. The highest BCUT2D eigenvalue weighted by Crippen LogP contribution is 2.37. The molecule has 2 aromatic carbocycles. The summed E-state index contributed by atoms with van der Waals surface area (Å²) in [7, 11) is 0. The van der Waals surface area contributed by atoms with Crippen LogP contribution in [0.3, 0.4) is 0 Å². The van der Waals surface area contributed by atoms with Crippen molar-refractivity contribution in [1.29, 1.82) is 0 Å². The number of nitrogens with one attached hydrogen (secondary N) is 1. The Morgan fingerprint density at radius 3 is 2.91 bits per heavy atom. The van der Waals surface area contributed by atoms with Crippen molar-refractivity contribution in [2.45, 2.75) is 19.9 Å². The number of anilines is 1. The number of benzene rings is 2. The molecule has 1 aliphatic rings. The number of ether oxygens (including phenoxy) is 1. The van der Waals surface area contributed by atoms with Gasteiger partial charge in [0.15, 0.2) is 5.75 Å². The Morgan fingerprint density at radius 2 is 2.09 bits per heavy atom. The Morgan fingerprint density at radius 1 is 1.22 bits per heavy atom. The lowest BCUT2D eigenvalue weighted by atomic mass is 10.1. The van der Waals surface area contributed by atoms with E-state index in [-0.39, 0.29) is 11.9 Å². The number of nitrogens with zero attached hydrogens (tertiary/aromatic N) is 5. The summed E-state index contributed by atoms with van der Waals surface area (Å²) in [6, 6.07) is 9.99. The molecule has 1 aliphatic heterocycles. The first-order valence-corrected chi connectivity index (χ1v) is 10.6. The Hall–Kier alpha value is -3.94. The van der Waals surface area contributed by atoms with E-state index in [2.05, 4.69) is 38.6 Å². The number of aromatic amines is 1. The Kier molecular flexibility index (Phi) is 4.97. The Balaban J connectivity index is 1.52. The summed E-state index contributed by atoms with van der Waals surface area (Å²) in [5.41, 5.74) is 2.68. The third kappa shape index (κ3) is 3.33. The third-order valence-corrected chi connectivity index (χ3v) is 5.98. The molecule has 0 unspecified atom stereocenters. The van der Waals surface area contributed by atoms with Crippen LogP contribution in [0.25, 0.3) is 21.8 Å². The molecule has 8 nitrogen and oxygen atoms in total. The van der Waals surface area contributed by atoms with E-state index in [9.17, 15) is 4.79 Å². The van der Waals surface area contributed by atoms with Crippen molar-refractivity contribution >= 4 is 33.5 Å². The predicted molar refractivity (Wildman–Crippen MR) is 124 cm³/mol. The van der Waals surface area contributed by atoms with E-state index >= 15 is 0 Å². The first-order valence-electron chi connectivity index (χ1n) is 10.6. The standard InChI is InChI=1S/C24H24N6O2/c1-4-21(31)29-10-11-30(16(3)13-29)24-17-6-5-7-20(22(17)25-14-26-24)32-23-15(2)8-9-19-18(23)12-27-28-19/h4-9,12,14,16H,1,10-11,13H2,2-3H3,(H,27,28)/t16-/m0/s1. The summed E-state index contributed by atoms with van der Waals surface area (Å²) < 4.78 is 6.39. The molecule has 8 heteroatoms. The second kappa shape index (κ2) is 7.96. The molecular weight excluding hydrogens is 404 g/mol. The normalized spacial score (nSPS) is 16.5. The lowest BCUT2D eigenvalue weighted by Gasteiger charge is -2.40. The molecule has 4 aromatic rings. The van der Waals surface area contributed by atoms with Gasteiger partial charge in [0, 0.05) is 31.1 Å². The van der Waals surface area contributed by atoms with Gasteiger partial charge < -0.3 is 14.5 Å². The van der Waals surface area contributed by atoms with Gasteiger partial charge in [0.1, 0.15) is 23.4 Å². The van der Waals surface area contributed by atoms with Crippen LogP contribution in [0, 0.1) is 6.92 Å². The number of carbonyl (C=O) groups excluding carboxylic acids is 1. The van der Waals surface area contributed by atoms with E-state index in [0.29, 0.717) is 25.4 Å². The highest BCUT2D eigenvalue weighted by Gasteiger charge is 2.28. The number of amides is 1. The molecule has 0 aliphatic carbocycles. The number of piperazine rings is 1. The zero-order chi connectivity index (χ0) is 22.2. The first-order chi connectivity index (χ1) is 15.6. The van der Waals surface area contributed by atoms with Gasteiger partial charge >= 0.3 is 0 Å². The summed E-state index contributed by atoms with van der Waals surface area (Å²) in [6.45, 7) is 9.64. The van der Waals surface area contributed by atoms with E-state index < -0.39 is 0 Å². The maximum atomic E-state index is 12.0. The van der Waals surface area contributed by atoms with Gasteiger partial charge in [-0.05, 0) is 43.7 Å². The number of carbonyl (C=O) groups is 1. The van der Waals surface area contributed by atoms with E-state index in [0.717, 1.165) is 38.9 Å². The minimum absolute atomic E-state index is 0.0384. The summed E-state index contributed by atoms with van der Waals surface area (Å²) >= 11 is 0. The van der Waals surface area contributed by atoms with Crippen LogP contribution in [0.5, 0.6) is 11.5 Å². The van der Waals surface area contributed by atoms with Gasteiger partial charge in [0.05, 0.1) is 17.1 Å². The van der Waals surface area contributed by atoms with Gasteiger partial charge in [0.25, 0.3) is 0 Å². The van der Waals surface area contributed by atoms with Crippen molar-refractivity contribution in [2.24, 2.45) is 0 Å². The van der Waals surface area contributed by atoms with Crippen LogP contribution in [0.4, 0.5) is 5.82 Å². The molecule has 2 aromatic heterocycles. The summed E-state index contributed by atoms with van der Waals surface area (Å²) in [5.74, 6) is 2.23. The third-order valence-electron chi connectivity index (χ3n) is 5.98. The molecule has 32 heavy (non-hydrogen) atoms. The van der Waals surface area contributed by atoms with Crippen molar-refractivity contribution in [3.05, 3.63) is 61.1 Å². The van der Waals surface area contributed by atoms with Crippen molar-refractivity contribution in [2.75, 3.05) is 24.5 Å². The van der Waals surface area contributed by atoms with Gasteiger partial charge in [-0.3, -0.25) is 9.89 Å². The van der Waals surface area contributed by atoms with Gasteiger partial charge in [0.2, 0.25) is 5.91 Å². The number of hydrogen-bond donors (Lipinski definition) is 1. The van der Waals surface area contributed by atoms with Gasteiger partial charge in [-0.15, -0.1) is 0 Å². The van der Waals surface area contributed by atoms with Crippen molar-refractivity contribution < 1.29 is 9.53 Å². The first kappa shape index (κ1) is 20.0.